The molecule has 0 saturated heterocycles. The van der Waals surface area contributed by atoms with Crippen molar-refractivity contribution in [3.63, 3.8) is 0 Å². The van der Waals surface area contributed by atoms with Crippen LogP contribution in [0.3, 0.4) is 0 Å². The Labute approximate surface area is 96.5 Å². The van der Waals surface area contributed by atoms with Crippen molar-refractivity contribution >= 4 is 12.6 Å². The Kier molecular flexibility index (Phi) is 4.28. The van der Waals surface area contributed by atoms with Gasteiger partial charge >= 0.3 is 0 Å². The Morgan fingerprint density at radius 1 is 1.27 bits per heavy atom. The second-order valence-electron chi connectivity index (χ2n) is 3.37. The van der Waals surface area contributed by atoms with Gasteiger partial charge in [0.2, 0.25) is 0 Å². The summed E-state index contributed by atoms with van der Waals surface area (Å²) >= 11 is 4.10. The topological polar surface area (TPSA) is 23.8 Å². The molecule has 0 bridgehead atoms. The van der Waals surface area contributed by atoms with Crippen LogP contribution in [-0.2, 0) is 0 Å². The molecule has 15 heavy (non-hydrogen) atoms. The molecule has 76 valence electrons. The molecule has 0 saturated carbocycles. The third-order valence-corrected chi connectivity index (χ3v) is 2.34. The highest BCUT2D eigenvalue weighted by Crippen LogP contribution is 2.15. The number of nitriles is 1. The largest absolute Gasteiger partial charge is 0.192 e. The van der Waals surface area contributed by atoms with E-state index in [2.05, 4.69) is 30.5 Å². The molecule has 1 nitrogen and oxygen atoms in total. The summed E-state index contributed by atoms with van der Waals surface area (Å²) in [7, 11) is 0. The highest BCUT2D eigenvalue weighted by molar-refractivity contribution is 7.80. The van der Waals surface area contributed by atoms with E-state index in [0.717, 1.165) is 28.9 Å². The van der Waals surface area contributed by atoms with Gasteiger partial charge < -0.3 is 0 Å². The van der Waals surface area contributed by atoms with E-state index in [1.807, 2.05) is 26.0 Å². The molecular weight excluding hydrogens is 202 g/mol. The van der Waals surface area contributed by atoms with Crippen LogP contribution < -0.4 is 0 Å². The number of hydrogen-bond donors (Lipinski definition) is 1. The summed E-state index contributed by atoms with van der Waals surface area (Å²) in [6.07, 6.45) is 0.794. The average molecular weight is 215 g/mol. The van der Waals surface area contributed by atoms with Crippen molar-refractivity contribution in [3.8, 4) is 17.9 Å². The fourth-order valence-corrected chi connectivity index (χ4v) is 1.54. The Bertz CT molecular complexity index is 435. The van der Waals surface area contributed by atoms with Crippen molar-refractivity contribution in [3.05, 3.63) is 34.4 Å². The molecule has 0 heterocycles. The Hall–Kier alpha value is -1.38. The first kappa shape index (κ1) is 11.7. The smallest absolute Gasteiger partial charge is 0.0991 e. The van der Waals surface area contributed by atoms with Gasteiger partial charge in [-0.3, -0.25) is 0 Å². The standard InChI is InChI=1S/C13H13NS/c1-10-7-12(9-14)8-11(2)13(10)5-3-4-6-15/h7-8,15H,4,6H2,1-2H3. The van der Waals surface area contributed by atoms with Crippen LogP contribution in [0.15, 0.2) is 12.1 Å². The first-order valence-electron chi connectivity index (χ1n) is 4.80. The molecule has 0 N–H and O–H groups in total. The molecule has 0 aliphatic rings. The molecule has 1 aromatic rings. The van der Waals surface area contributed by atoms with Gasteiger partial charge in [-0.2, -0.15) is 17.9 Å². The van der Waals surface area contributed by atoms with E-state index >= 15 is 0 Å². The summed E-state index contributed by atoms with van der Waals surface area (Å²) in [5, 5.41) is 8.80. The van der Waals surface area contributed by atoms with Crippen molar-refractivity contribution in [2.75, 3.05) is 5.75 Å². The molecule has 0 unspecified atom stereocenters. The molecule has 0 aliphatic carbocycles. The van der Waals surface area contributed by atoms with E-state index < -0.39 is 0 Å². The second kappa shape index (κ2) is 5.49. The molecule has 0 radical (unpaired) electrons. The maximum absolute atomic E-state index is 8.80. The van der Waals surface area contributed by atoms with Gasteiger partial charge in [0.05, 0.1) is 11.6 Å². The molecule has 0 fully saturated rings. The maximum Gasteiger partial charge on any atom is 0.0991 e. The number of nitrogens with zero attached hydrogens (tertiary/aromatic N) is 1. The van der Waals surface area contributed by atoms with E-state index in [-0.39, 0.29) is 0 Å². The van der Waals surface area contributed by atoms with Gasteiger partial charge in [0, 0.05) is 17.7 Å². The zero-order valence-corrected chi connectivity index (χ0v) is 9.86. The van der Waals surface area contributed by atoms with Gasteiger partial charge in [0.25, 0.3) is 0 Å². The molecule has 0 spiro atoms. The third-order valence-electron chi connectivity index (χ3n) is 2.11. The molecule has 0 aromatic heterocycles. The quantitative estimate of drug-likeness (QED) is 0.565. The molecule has 1 rings (SSSR count). The molecule has 0 amide bonds. The Morgan fingerprint density at radius 2 is 1.87 bits per heavy atom. The van der Waals surface area contributed by atoms with E-state index in [1.165, 1.54) is 0 Å². The summed E-state index contributed by atoms with van der Waals surface area (Å²) in [5.41, 5.74) is 3.87. The van der Waals surface area contributed by atoms with Crippen molar-refractivity contribution in [2.45, 2.75) is 20.3 Å². The molecule has 2 heteroatoms. The predicted molar refractivity (Wildman–Crippen MR) is 66.0 cm³/mol. The summed E-state index contributed by atoms with van der Waals surface area (Å²) in [6.45, 7) is 3.97. The minimum absolute atomic E-state index is 0.699. The fourth-order valence-electron chi connectivity index (χ4n) is 1.43. The molecule has 0 atom stereocenters. The molecule has 0 aliphatic heterocycles. The lowest BCUT2D eigenvalue weighted by atomic mass is 10.00. The van der Waals surface area contributed by atoms with E-state index in [0.29, 0.717) is 5.56 Å². The maximum atomic E-state index is 8.80. The van der Waals surface area contributed by atoms with Crippen molar-refractivity contribution in [2.24, 2.45) is 0 Å². The first-order valence-corrected chi connectivity index (χ1v) is 5.43. The Morgan fingerprint density at radius 3 is 2.33 bits per heavy atom. The van der Waals surface area contributed by atoms with E-state index in [1.54, 1.807) is 0 Å². The normalized spacial score (nSPS) is 8.93. The summed E-state index contributed by atoms with van der Waals surface area (Å²) in [5.74, 6) is 6.97. The monoisotopic (exact) mass is 215 g/mol. The van der Waals surface area contributed by atoms with E-state index in [4.69, 9.17) is 5.26 Å². The van der Waals surface area contributed by atoms with Gasteiger partial charge in [0.1, 0.15) is 0 Å². The minimum atomic E-state index is 0.699. The summed E-state index contributed by atoms with van der Waals surface area (Å²) in [4.78, 5) is 0. The van der Waals surface area contributed by atoms with Crippen molar-refractivity contribution in [1.82, 2.24) is 0 Å². The number of rotatable bonds is 1. The van der Waals surface area contributed by atoms with Crippen molar-refractivity contribution < 1.29 is 0 Å². The zero-order valence-electron chi connectivity index (χ0n) is 8.96. The number of aryl methyl sites for hydroxylation is 2. The summed E-state index contributed by atoms with van der Waals surface area (Å²) < 4.78 is 0. The average Bonchev–Trinajstić information content (AvgIpc) is 2.22. The van der Waals surface area contributed by atoms with Crippen LogP contribution in [0.2, 0.25) is 0 Å². The van der Waals surface area contributed by atoms with Crippen LogP contribution in [0.5, 0.6) is 0 Å². The first-order chi connectivity index (χ1) is 7.19. The van der Waals surface area contributed by atoms with E-state index in [9.17, 15) is 0 Å². The number of benzene rings is 1. The summed E-state index contributed by atoms with van der Waals surface area (Å²) in [6, 6.07) is 5.89. The van der Waals surface area contributed by atoms with Crippen LogP contribution in [0, 0.1) is 37.0 Å². The lowest BCUT2D eigenvalue weighted by Crippen LogP contribution is -1.90. The number of thiol groups is 1. The fraction of sp³-hybridized carbons (Fsp3) is 0.308. The third kappa shape index (κ3) is 3.05. The van der Waals surface area contributed by atoms with Gasteiger partial charge in [-0.25, -0.2) is 0 Å². The second-order valence-corrected chi connectivity index (χ2v) is 3.82. The van der Waals surface area contributed by atoms with Crippen molar-refractivity contribution in [1.29, 1.82) is 5.26 Å². The van der Waals surface area contributed by atoms with Crippen LogP contribution in [0.1, 0.15) is 28.7 Å². The SMILES string of the molecule is Cc1cc(C#N)cc(C)c1C#CCCS. The zero-order chi connectivity index (χ0) is 11.3. The van der Waals surface area contributed by atoms with Crippen LogP contribution in [0.4, 0.5) is 0 Å². The highest BCUT2D eigenvalue weighted by Gasteiger charge is 2.01. The predicted octanol–water partition coefficient (Wildman–Crippen LogP) is 2.85. The van der Waals surface area contributed by atoms with Gasteiger partial charge in [-0.15, -0.1) is 0 Å². The Balaban J connectivity index is 3.12. The van der Waals surface area contributed by atoms with Gasteiger partial charge in [-0.1, -0.05) is 11.8 Å². The molecular formula is C13H13NS. The van der Waals surface area contributed by atoms with Crippen LogP contribution in [-0.4, -0.2) is 5.75 Å². The lowest BCUT2D eigenvalue weighted by molar-refractivity contribution is 1.29. The highest BCUT2D eigenvalue weighted by atomic mass is 32.1. The van der Waals surface area contributed by atoms with Gasteiger partial charge in [0.15, 0.2) is 0 Å². The van der Waals surface area contributed by atoms with Crippen LogP contribution >= 0.6 is 12.6 Å². The minimum Gasteiger partial charge on any atom is -0.192 e. The lowest BCUT2D eigenvalue weighted by Gasteiger charge is -2.03. The van der Waals surface area contributed by atoms with Gasteiger partial charge in [-0.05, 0) is 37.1 Å². The molecule has 1 aromatic carbocycles. The number of hydrogen-bond acceptors (Lipinski definition) is 2. The van der Waals surface area contributed by atoms with Crippen LogP contribution in [0.25, 0.3) is 0 Å².